The number of hydrogen-bond donors (Lipinski definition) is 0. The quantitative estimate of drug-likeness (QED) is 0.692. The molecular formula is C20H30Si2. The van der Waals surface area contributed by atoms with Gasteiger partial charge in [0.15, 0.2) is 0 Å². The van der Waals surface area contributed by atoms with Gasteiger partial charge in [0, 0.05) is 0 Å². The number of rotatable bonds is 3. The van der Waals surface area contributed by atoms with E-state index in [1.807, 2.05) is 0 Å². The second-order valence-corrected chi connectivity index (χ2v) is 18.8. The maximum absolute atomic E-state index is 2.43. The first-order valence-electron chi connectivity index (χ1n) is 8.21. The normalized spacial score (nSPS) is 12.5. The molecule has 0 aliphatic heterocycles. The average molecular weight is 327 g/mol. The van der Waals surface area contributed by atoms with Gasteiger partial charge >= 0.3 is 0 Å². The summed E-state index contributed by atoms with van der Waals surface area (Å²) in [5, 5.41) is 3.11. The fourth-order valence-electron chi connectivity index (χ4n) is 2.77. The zero-order valence-corrected chi connectivity index (χ0v) is 17.5. The second kappa shape index (κ2) is 5.82. The minimum Gasteiger partial charge on any atom is -0.0656 e. The Morgan fingerprint density at radius 3 is 1.09 bits per heavy atom. The maximum Gasteiger partial charge on any atom is 0.0776 e. The van der Waals surface area contributed by atoms with Gasteiger partial charge < -0.3 is 0 Å². The summed E-state index contributed by atoms with van der Waals surface area (Å²) in [7, 11) is -2.57. The average Bonchev–Trinajstić information content (AvgIpc) is 2.35. The summed E-state index contributed by atoms with van der Waals surface area (Å²) in [6.07, 6.45) is 0. The highest BCUT2D eigenvalue weighted by molar-refractivity contribution is 6.89. The number of benzene rings is 2. The van der Waals surface area contributed by atoms with E-state index in [-0.39, 0.29) is 0 Å². The molecule has 2 rings (SSSR count). The van der Waals surface area contributed by atoms with Crippen LogP contribution in [0.1, 0.15) is 11.1 Å². The first-order valence-corrected chi connectivity index (χ1v) is 15.2. The van der Waals surface area contributed by atoms with Crippen LogP contribution in [0, 0.1) is 13.8 Å². The number of aryl methyl sites for hydroxylation is 2. The molecule has 0 bridgehead atoms. The highest BCUT2D eigenvalue weighted by atomic mass is 28.3. The van der Waals surface area contributed by atoms with Crippen molar-refractivity contribution in [1.29, 1.82) is 0 Å². The fourth-order valence-corrected chi connectivity index (χ4v) is 5.26. The van der Waals surface area contributed by atoms with E-state index in [4.69, 9.17) is 0 Å². The zero-order chi connectivity index (χ0) is 16.7. The Morgan fingerprint density at radius 2 is 0.818 bits per heavy atom. The molecule has 2 aromatic rings. The van der Waals surface area contributed by atoms with Gasteiger partial charge in [-0.15, -0.1) is 0 Å². The molecule has 0 nitrogen and oxygen atoms in total. The van der Waals surface area contributed by atoms with Gasteiger partial charge in [-0.25, -0.2) is 0 Å². The standard InChI is InChI=1S/C20H30Si2/c1-15-9-17(13-19(11-15)21(3,4)5)18-10-16(2)12-20(14-18)22(6,7)8/h9-14H,1-8H3. The Morgan fingerprint density at radius 1 is 0.500 bits per heavy atom. The predicted molar refractivity (Wildman–Crippen MR) is 107 cm³/mol. The molecule has 0 N–H and O–H groups in total. The molecule has 0 saturated carbocycles. The zero-order valence-electron chi connectivity index (χ0n) is 15.5. The molecule has 0 aliphatic carbocycles. The molecule has 0 aromatic heterocycles. The Kier molecular flexibility index (Phi) is 4.56. The topological polar surface area (TPSA) is 0 Å². The lowest BCUT2D eigenvalue weighted by molar-refractivity contribution is 1.45. The van der Waals surface area contributed by atoms with Gasteiger partial charge in [0.2, 0.25) is 0 Å². The largest absolute Gasteiger partial charge is 0.0776 e. The van der Waals surface area contributed by atoms with E-state index in [2.05, 4.69) is 89.5 Å². The SMILES string of the molecule is Cc1cc(-c2cc(C)cc([Si](C)(C)C)c2)cc([Si](C)(C)C)c1. The van der Waals surface area contributed by atoms with Crippen molar-refractivity contribution in [2.45, 2.75) is 53.1 Å². The van der Waals surface area contributed by atoms with Gasteiger partial charge in [0.1, 0.15) is 0 Å². The molecular weight excluding hydrogens is 296 g/mol. The van der Waals surface area contributed by atoms with Crippen molar-refractivity contribution in [3.8, 4) is 11.1 Å². The van der Waals surface area contributed by atoms with E-state index in [9.17, 15) is 0 Å². The minimum absolute atomic E-state index is 1.28. The molecule has 0 amide bonds. The summed E-state index contributed by atoms with van der Waals surface area (Å²) < 4.78 is 0. The molecule has 0 heterocycles. The fraction of sp³-hybridized carbons (Fsp3) is 0.400. The monoisotopic (exact) mass is 326 g/mol. The summed E-state index contributed by atoms with van der Waals surface area (Å²) in [5.74, 6) is 0. The van der Waals surface area contributed by atoms with Crippen molar-refractivity contribution in [2.24, 2.45) is 0 Å². The molecule has 0 radical (unpaired) electrons. The van der Waals surface area contributed by atoms with Crippen LogP contribution in [0.3, 0.4) is 0 Å². The summed E-state index contributed by atoms with van der Waals surface area (Å²) in [6.45, 7) is 19.0. The number of hydrogen-bond acceptors (Lipinski definition) is 0. The molecule has 0 fully saturated rings. The first-order chi connectivity index (χ1) is 9.96. The Labute approximate surface area is 138 Å². The molecule has 2 aromatic carbocycles. The van der Waals surface area contributed by atoms with E-state index in [0.717, 1.165) is 0 Å². The molecule has 0 saturated heterocycles. The van der Waals surface area contributed by atoms with Gasteiger partial charge in [-0.2, -0.15) is 0 Å². The van der Waals surface area contributed by atoms with E-state index in [0.29, 0.717) is 0 Å². The third-order valence-corrected chi connectivity index (χ3v) is 8.26. The van der Waals surface area contributed by atoms with Crippen molar-refractivity contribution >= 4 is 26.5 Å². The summed E-state index contributed by atoms with van der Waals surface area (Å²) in [4.78, 5) is 0. The van der Waals surface area contributed by atoms with Crippen LogP contribution in [0.2, 0.25) is 39.3 Å². The van der Waals surface area contributed by atoms with Crippen LogP contribution < -0.4 is 10.4 Å². The van der Waals surface area contributed by atoms with Crippen LogP contribution in [0.25, 0.3) is 11.1 Å². The van der Waals surface area contributed by atoms with Gasteiger partial charge in [0.25, 0.3) is 0 Å². The minimum atomic E-state index is -1.28. The van der Waals surface area contributed by atoms with Crippen molar-refractivity contribution in [3.63, 3.8) is 0 Å². The smallest absolute Gasteiger partial charge is 0.0656 e. The van der Waals surface area contributed by atoms with E-state index in [1.54, 1.807) is 10.4 Å². The molecule has 118 valence electrons. The van der Waals surface area contributed by atoms with Crippen LogP contribution in [-0.4, -0.2) is 16.1 Å². The molecule has 22 heavy (non-hydrogen) atoms. The van der Waals surface area contributed by atoms with E-state index in [1.165, 1.54) is 22.3 Å². The highest BCUT2D eigenvalue weighted by Gasteiger charge is 2.20. The molecule has 0 aliphatic rings. The molecule has 0 unspecified atom stereocenters. The van der Waals surface area contributed by atoms with Crippen LogP contribution in [0.15, 0.2) is 36.4 Å². The van der Waals surface area contributed by atoms with Gasteiger partial charge in [-0.05, 0) is 25.0 Å². The van der Waals surface area contributed by atoms with Crippen molar-refractivity contribution < 1.29 is 0 Å². The maximum atomic E-state index is 2.43. The van der Waals surface area contributed by atoms with Gasteiger partial charge in [-0.1, -0.05) is 97.2 Å². The molecule has 0 spiro atoms. The van der Waals surface area contributed by atoms with E-state index >= 15 is 0 Å². The Hall–Kier alpha value is -1.13. The summed E-state index contributed by atoms with van der Waals surface area (Å²) >= 11 is 0. The molecule has 2 heteroatoms. The predicted octanol–water partition coefficient (Wildman–Crippen LogP) is 5.06. The summed E-state index contributed by atoms with van der Waals surface area (Å²) in [6, 6.07) is 14.3. The third-order valence-electron chi connectivity index (χ3n) is 4.22. The van der Waals surface area contributed by atoms with Crippen molar-refractivity contribution in [2.75, 3.05) is 0 Å². The van der Waals surface area contributed by atoms with Crippen molar-refractivity contribution in [1.82, 2.24) is 0 Å². The first kappa shape index (κ1) is 17.2. The molecule has 0 atom stereocenters. The van der Waals surface area contributed by atoms with Gasteiger partial charge in [0.05, 0.1) is 16.1 Å². The van der Waals surface area contributed by atoms with Crippen LogP contribution in [0.5, 0.6) is 0 Å². The van der Waals surface area contributed by atoms with E-state index < -0.39 is 16.1 Å². The van der Waals surface area contributed by atoms with Crippen LogP contribution in [-0.2, 0) is 0 Å². The van der Waals surface area contributed by atoms with Crippen LogP contribution in [0.4, 0.5) is 0 Å². The Bertz CT molecular complexity index is 624. The lowest BCUT2D eigenvalue weighted by atomic mass is 10.0. The van der Waals surface area contributed by atoms with Crippen molar-refractivity contribution in [3.05, 3.63) is 47.5 Å². The van der Waals surface area contributed by atoms with Gasteiger partial charge in [-0.3, -0.25) is 0 Å². The highest BCUT2D eigenvalue weighted by Crippen LogP contribution is 2.22. The second-order valence-electron chi connectivity index (χ2n) is 8.68. The van der Waals surface area contributed by atoms with Crippen LogP contribution >= 0.6 is 0 Å². The third kappa shape index (κ3) is 3.99. The Balaban J connectivity index is 2.62. The summed E-state index contributed by atoms with van der Waals surface area (Å²) in [5.41, 5.74) is 5.54. The lowest BCUT2D eigenvalue weighted by Crippen LogP contribution is -2.38. The lowest BCUT2D eigenvalue weighted by Gasteiger charge is -2.21.